The first-order valence-corrected chi connectivity index (χ1v) is 7.21. The minimum Gasteiger partial charge on any atom is -0.505 e. The lowest BCUT2D eigenvalue weighted by atomic mass is 10.1. The zero-order valence-electron chi connectivity index (χ0n) is 11.9. The van der Waals surface area contributed by atoms with E-state index in [1.54, 1.807) is 24.5 Å². The molecular weight excluding hydrogens is 326 g/mol. The molecule has 0 unspecified atom stereocenters. The molecule has 0 fully saturated rings. The second-order valence-corrected chi connectivity index (χ2v) is 5.36. The molecule has 0 saturated heterocycles. The van der Waals surface area contributed by atoms with Crippen LogP contribution in [0.25, 0.3) is 11.0 Å². The van der Waals surface area contributed by atoms with Crippen LogP contribution in [0.2, 0.25) is 5.02 Å². The second-order valence-electron chi connectivity index (χ2n) is 4.96. The van der Waals surface area contributed by atoms with E-state index in [4.69, 9.17) is 11.6 Å². The molecule has 0 atom stereocenters. The Morgan fingerprint density at radius 1 is 1.26 bits per heavy atom. The molecule has 0 bridgehead atoms. The van der Waals surface area contributed by atoms with Gasteiger partial charge in [0, 0.05) is 36.7 Å². The number of halogens is 3. The van der Waals surface area contributed by atoms with Crippen LogP contribution >= 0.6 is 11.6 Å². The molecule has 1 aliphatic rings. The Bertz CT molecular complexity index is 807. The number of fused-ring (bicyclic) bond motifs is 1. The van der Waals surface area contributed by atoms with Gasteiger partial charge in [0.05, 0.1) is 22.3 Å². The number of nitrogens with zero attached hydrogens (tertiary/aromatic N) is 2. The van der Waals surface area contributed by atoms with Gasteiger partial charge in [0.25, 0.3) is 6.43 Å². The first kappa shape index (κ1) is 15.5. The first-order chi connectivity index (χ1) is 11.1. The van der Waals surface area contributed by atoms with Gasteiger partial charge < -0.3 is 15.7 Å². The highest BCUT2D eigenvalue weighted by molar-refractivity contribution is 6.32. The van der Waals surface area contributed by atoms with Gasteiger partial charge in [-0.2, -0.15) is 0 Å². The van der Waals surface area contributed by atoms with Gasteiger partial charge in [0.15, 0.2) is 0 Å². The molecule has 0 radical (unpaired) electrons. The maximum atomic E-state index is 12.8. The lowest BCUT2D eigenvalue weighted by Gasteiger charge is -2.20. The monoisotopic (exact) mass is 338 g/mol. The third kappa shape index (κ3) is 3.19. The highest BCUT2D eigenvalue weighted by atomic mass is 35.5. The van der Waals surface area contributed by atoms with Crippen LogP contribution in [0.15, 0.2) is 47.8 Å². The number of hydrogen-bond donors (Lipinski definition) is 3. The van der Waals surface area contributed by atoms with E-state index in [2.05, 4.69) is 20.6 Å². The van der Waals surface area contributed by atoms with Crippen molar-refractivity contribution < 1.29 is 13.9 Å². The van der Waals surface area contributed by atoms with Crippen molar-refractivity contribution >= 4 is 22.6 Å². The quantitative estimate of drug-likeness (QED) is 0.799. The van der Waals surface area contributed by atoms with Crippen molar-refractivity contribution in [3.8, 4) is 0 Å². The maximum absolute atomic E-state index is 12.8. The van der Waals surface area contributed by atoms with Crippen LogP contribution in [-0.4, -0.2) is 28.0 Å². The molecule has 2 heterocycles. The molecule has 120 valence electrons. The van der Waals surface area contributed by atoms with Crippen molar-refractivity contribution in [2.75, 3.05) is 6.54 Å². The molecule has 1 aromatic heterocycles. The van der Waals surface area contributed by atoms with E-state index in [1.165, 1.54) is 6.20 Å². The van der Waals surface area contributed by atoms with Gasteiger partial charge >= 0.3 is 0 Å². The number of hydrogen-bond acceptors (Lipinski definition) is 5. The van der Waals surface area contributed by atoms with E-state index < -0.39 is 12.2 Å². The summed E-state index contributed by atoms with van der Waals surface area (Å²) in [7, 11) is 0. The number of dihydropyridines is 1. The average molecular weight is 339 g/mol. The largest absolute Gasteiger partial charge is 0.505 e. The Kier molecular flexibility index (Phi) is 4.29. The summed E-state index contributed by atoms with van der Waals surface area (Å²) in [5.41, 5.74) is 1.92. The van der Waals surface area contributed by atoms with Crippen molar-refractivity contribution in [2.45, 2.75) is 13.0 Å². The van der Waals surface area contributed by atoms with Crippen molar-refractivity contribution in [1.82, 2.24) is 20.6 Å². The Labute approximate surface area is 135 Å². The molecular formula is C15H13ClF2N4O. The fourth-order valence-electron chi connectivity index (χ4n) is 2.26. The van der Waals surface area contributed by atoms with Crippen LogP contribution in [-0.2, 0) is 6.54 Å². The number of benzene rings is 1. The molecule has 0 aliphatic carbocycles. The normalized spacial score (nSPS) is 14.9. The lowest BCUT2D eigenvalue weighted by Crippen LogP contribution is -2.28. The Morgan fingerprint density at radius 2 is 1.96 bits per heavy atom. The summed E-state index contributed by atoms with van der Waals surface area (Å²) in [6, 6.07) is 3.46. The molecule has 0 amide bonds. The summed E-state index contributed by atoms with van der Waals surface area (Å²) < 4.78 is 25.6. The Balaban J connectivity index is 1.81. The number of rotatable bonds is 4. The molecule has 1 aromatic carbocycles. The van der Waals surface area contributed by atoms with Gasteiger partial charge in [-0.1, -0.05) is 11.6 Å². The smallest absolute Gasteiger partial charge is 0.265 e. The highest BCUT2D eigenvalue weighted by Gasteiger charge is 2.22. The molecule has 1 aliphatic heterocycles. The van der Waals surface area contributed by atoms with Gasteiger partial charge in [-0.15, -0.1) is 0 Å². The van der Waals surface area contributed by atoms with Crippen molar-refractivity contribution in [2.24, 2.45) is 0 Å². The summed E-state index contributed by atoms with van der Waals surface area (Å²) >= 11 is 6.20. The fraction of sp³-hybridized carbons (Fsp3) is 0.200. The predicted octanol–water partition coefficient (Wildman–Crippen LogP) is 2.89. The summed E-state index contributed by atoms with van der Waals surface area (Å²) in [6.45, 7) is 0.167. The summed E-state index contributed by atoms with van der Waals surface area (Å²) in [5, 5.41) is 16.0. The fourth-order valence-corrected chi connectivity index (χ4v) is 2.48. The molecule has 5 nitrogen and oxygen atoms in total. The van der Waals surface area contributed by atoms with E-state index in [1.807, 2.05) is 0 Å². The predicted molar refractivity (Wildman–Crippen MR) is 83.1 cm³/mol. The van der Waals surface area contributed by atoms with Crippen LogP contribution in [0.5, 0.6) is 0 Å². The molecule has 2 aromatic rings. The van der Waals surface area contributed by atoms with Crippen LogP contribution < -0.4 is 10.6 Å². The molecule has 8 heteroatoms. The van der Waals surface area contributed by atoms with E-state index in [0.717, 1.165) is 5.56 Å². The summed E-state index contributed by atoms with van der Waals surface area (Å²) in [6.07, 6.45) is 1.89. The number of aliphatic hydroxyl groups is 1. The van der Waals surface area contributed by atoms with Gasteiger partial charge in [-0.25, -0.2) is 8.78 Å². The van der Waals surface area contributed by atoms with Crippen LogP contribution in [0.1, 0.15) is 5.56 Å². The van der Waals surface area contributed by atoms with E-state index in [9.17, 15) is 13.9 Å². The summed E-state index contributed by atoms with van der Waals surface area (Å²) in [5.74, 6) is -0.435. The van der Waals surface area contributed by atoms with Crippen LogP contribution in [0.4, 0.5) is 8.78 Å². The third-order valence-electron chi connectivity index (χ3n) is 3.47. The molecule has 3 rings (SSSR count). The maximum Gasteiger partial charge on any atom is 0.265 e. The molecule has 0 spiro atoms. The number of alkyl halides is 2. The van der Waals surface area contributed by atoms with Crippen molar-refractivity contribution in [3.05, 3.63) is 58.3 Å². The highest BCUT2D eigenvalue weighted by Crippen LogP contribution is 2.23. The van der Waals surface area contributed by atoms with Crippen LogP contribution in [0.3, 0.4) is 0 Å². The van der Waals surface area contributed by atoms with Gasteiger partial charge in [-0.3, -0.25) is 9.97 Å². The standard InChI is InChI=1S/C15H13ClF2N4O/c16-10-4-12-11(20-1-2-21-12)3-8(10)5-22-13-7-19-6-9(14(13)23)15(17)18/h1-4,7,15,19,22-23H,5-6H2. The minimum atomic E-state index is -2.72. The first-order valence-electron chi connectivity index (χ1n) is 6.83. The number of nitrogens with one attached hydrogen (secondary N) is 2. The third-order valence-corrected chi connectivity index (χ3v) is 3.82. The van der Waals surface area contributed by atoms with Crippen molar-refractivity contribution in [1.29, 1.82) is 0 Å². The molecule has 3 N–H and O–H groups in total. The van der Waals surface area contributed by atoms with Gasteiger partial charge in [0.2, 0.25) is 0 Å². The number of aliphatic hydroxyl groups excluding tert-OH is 1. The Morgan fingerprint density at radius 3 is 2.65 bits per heavy atom. The topological polar surface area (TPSA) is 70.1 Å². The number of aromatic nitrogens is 2. The SMILES string of the molecule is OC1=C(C(F)F)CNC=C1NCc1cc2nccnc2cc1Cl. The summed E-state index contributed by atoms with van der Waals surface area (Å²) in [4.78, 5) is 8.35. The lowest BCUT2D eigenvalue weighted by molar-refractivity contribution is 0.177. The zero-order chi connectivity index (χ0) is 16.4. The van der Waals surface area contributed by atoms with E-state index in [-0.39, 0.29) is 24.4 Å². The molecule has 0 saturated carbocycles. The van der Waals surface area contributed by atoms with Crippen molar-refractivity contribution in [3.63, 3.8) is 0 Å². The van der Waals surface area contributed by atoms with E-state index >= 15 is 0 Å². The molecule has 23 heavy (non-hydrogen) atoms. The van der Waals surface area contributed by atoms with Gasteiger partial charge in [0.1, 0.15) is 5.76 Å². The Hall–Kier alpha value is -2.41. The van der Waals surface area contributed by atoms with E-state index in [0.29, 0.717) is 16.1 Å². The second kappa shape index (κ2) is 6.37. The van der Waals surface area contributed by atoms with Crippen LogP contribution in [0, 0.1) is 0 Å². The zero-order valence-corrected chi connectivity index (χ0v) is 12.6. The van der Waals surface area contributed by atoms with Gasteiger partial charge in [-0.05, 0) is 17.7 Å². The minimum absolute atomic E-state index is 0.0823. The average Bonchev–Trinajstić information content (AvgIpc) is 2.53.